The molecule has 0 radical (unpaired) electrons. The van der Waals surface area contributed by atoms with Gasteiger partial charge in [0.1, 0.15) is 6.54 Å². The average molecular weight is 456 g/mol. The summed E-state index contributed by atoms with van der Waals surface area (Å²) in [6, 6.07) is 8.96. The number of aryl methyl sites for hydroxylation is 2. The summed E-state index contributed by atoms with van der Waals surface area (Å²) in [5, 5.41) is 10.5. The van der Waals surface area contributed by atoms with Gasteiger partial charge in [0.15, 0.2) is 5.69 Å². The zero-order chi connectivity index (χ0) is 20.6. The molecule has 1 N–H and O–H groups in total. The fourth-order valence-corrected chi connectivity index (χ4v) is 3.28. The van der Waals surface area contributed by atoms with Gasteiger partial charge in [-0.1, -0.05) is 0 Å². The lowest BCUT2D eigenvalue weighted by Crippen LogP contribution is -2.20. The van der Waals surface area contributed by atoms with Crippen molar-refractivity contribution >= 4 is 27.5 Å². The molecule has 0 unspecified atom stereocenters. The van der Waals surface area contributed by atoms with Crippen LogP contribution in [0.25, 0.3) is 5.69 Å². The van der Waals surface area contributed by atoms with E-state index < -0.39 is 17.8 Å². The highest BCUT2D eigenvalue weighted by Crippen LogP contribution is 2.35. The smallest absolute Gasteiger partial charge is 0.324 e. The topological polar surface area (TPSA) is 64.7 Å². The van der Waals surface area contributed by atoms with Crippen LogP contribution in [-0.4, -0.2) is 25.5 Å². The van der Waals surface area contributed by atoms with Crippen molar-refractivity contribution in [3.8, 4) is 5.69 Å². The molecule has 0 spiro atoms. The lowest BCUT2D eigenvalue weighted by atomic mass is 10.2. The van der Waals surface area contributed by atoms with E-state index in [1.54, 1.807) is 28.9 Å². The fraction of sp³-hybridized carbons (Fsp3) is 0.278. The molecule has 0 atom stereocenters. The van der Waals surface area contributed by atoms with Crippen molar-refractivity contribution in [3.63, 3.8) is 0 Å². The molecule has 0 saturated heterocycles. The predicted octanol–water partition coefficient (Wildman–Crippen LogP) is 4.41. The number of aromatic nitrogens is 4. The third-order valence-corrected chi connectivity index (χ3v) is 5.05. The van der Waals surface area contributed by atoms with E-state index in [9.17, 15) is 18.0 Å². The minimum Gasteiger partial charge on any atom is -0.324 e. The molecule has 0 saturated carbocycles. The number of carbonyl (C=O) groups is 1. The Morgan fingerprint density at radius 3 is 2.29 bits per heavy atom. The molecule has 3 aromatic rings. The van der Waals surface area contributed by atoms with Gasteiger partial charge in [-0.2, -0.15) is 23.4 Å². The van der Waals surface area contributed by atoms with Crippen LogP contribution in [0.2, 0.25) is 0 Å². The molecule has 10 heteroatoms. The van der Waals surface area contributed by atoms with Gasteiger partial charge in [-0.25, -0.2) is 4.68 Å². The maximum absolute atomic E-state index is 12.9. The molecule has 0 aliphatic rings. The summed E-state index contributed by atoms with van der Waals surface area (Å²) in [5.41, 5.74) is 2.42. The van der Waals surface area contributed by atoms with Gasteiger partial charge in [-0.3, -0.25) is 9.48 Å². The van der Waals surface area contributed by atoms with Gasteiger partial charge in [0.05, 0.1) is 21.5 Å². The number of anilines is 1. The Kier molecular flexibility index (Phi) is 5.33. The third-order valence-electron chi connectivity index (χ3n) is 4.10. The number of nitrogens with one attached hydrogen (secondary N) is 1. The molecule has 2 heterocycles. The maximum Gasteiger partial charge on any atom is 0.436 e. The lowest BCUT2D eigenvalue weighted by Gasteiger charge is -2.09. The van der Waals surface area contributed by atoms with Crippen molar-refractivity contribution in [2.24, 2.45) is 0 Å². The Bertz CT molecular complexity index is 1020. The lowest BCUT2D eigenvalue weighted by molar-refractivity contribution is -0.142. The van der Waals surface area contributed by atoms with Crippen LogP contribution in [0.15, 0.2) is 34.8 Å². The molecular weight excluding hydrogens is 439 g/mol. The molecule has 0 bridgehead atoms. The average Bonchev–Trinajstić information content (AvgIpc) is 3.08. The molecule has 28 heavy (non-hydrogen) atoms. The Labute approximate surface area is 167 Å². The van der Waals surface area contributed by atoms with Crippen molar-refractivity contribution in [2.75, 3.05) is 5.32 Å². The van der Waals surface area contributed by atoms with Gasteiger partial charge in [0.2, 0.25) is 5.91 Å². The summed E-state index contributed by atoms with van der Waals surface area (Å²) in [6.45, 7) is 4.97. The molecular formula is C18H17BrF3N5O. The van der Waals surface area contributed by atoms with E-state index in [2.05, 4.69) is 31.4 Å². The van der Waals surface area contributed by atoms with Crippen molar-refractivity contribution in [1.29, 1.82) is 0 Å². The molecule has 0 aliphatic carbocycles. The second-order valence-electron chi connectivity index (χ2n) is 6.34. The van der Waals surface area contributed by atoms with E-state index in [0.29, 0.717) is 5.69 Å². The number of nitrogens with zero attached hydrogens (tertiary/aromatic N) is 4. The largest absolute Gasteiger partial charge is 0.436 e. The van der Waals surface area contributed by atoms with Gasteiger partial charge in [0.25, 0.3) is 0 Å². The predicted molar refractivity (Wildman–Crippen MR) is 101 cm³/mol. The molecule has 6 nitrogen and oxygen atoms in total. The van der Waals surface area contributed by atoms with Gasteiger partial charge in [-0.15, -0.1) is 0 Å². The molecule has 1 aromatic carbocycles. The number of hydrogen-bond donors (Lipinski definition) is 1. The number of alkyl halides is 3. The summed E-state index contributed by atoms with van der Waals surface area (Å²) in [4.78, 5) is 12.2. The number of benzene rings is 1. The van der Waals surface area contributed by atoms with Crippen LogP contribution >= 0.6 is 15.9 Å². The highest BCUT2D eigenvalue weighted by molar-refractivity contribution is 9.10. The van der Waals surface area contributed by atoms with Gasteiger partial charge in [-0.05, 0) is 67.0 Å². The number of hydrogen-bond acceptors (Lipinski definition) is 3. The molecule has 3 rings (SSSR count). The Morgan fingerprint density at radius 1 is 1.14 bits per heavy atom. The van der Waals surface area contributed by atoms with E-state index in [0.717, 1.165) is 21.8 Å². The van der Waals surface area contributed by atoms with Crippen LogP contribution in [0.3, 0.4) is 0 Å². The van der Waals surface area contributed by atoms with Crippen molar-refractivity contribution < 1.29 is 18.0 Å². The SMILES string of the molecule is Cc1cc(C)n(-c2ccc(NC(=O)Cn3nc(C(F)(F)F)c(Br)c3C)cc2)n1. The normalized spacial score (nSPS) is 11.7. The van der Waals surface area contributed by atoms with Crippen LogP contribution in [0.5, 0.6) is 0 Å². The van der Waals surface area contributed by atoms with Crippen molar-refractivity contribution in [1.82, 2.24) is 19.6 Å². The highest BCUT2D eigenvalue weighted by Gasteiger charge is 2.38. The van der Waals surface area contributed by atoms with Crippen molar-refractivity contribution in [3.05, 3.63) is 57.6 Å². The molecule has 148 valence electrons. The van der Waals surface area contributed by atoms with Crippen molar-refractivity contribution in [2.45, 2.75) is 33.5 Å². The second-order valence-corrected chi connectivity index (χ2v) is 7.13. The zero-order valence-corrected chi connectivity index (χ0v) is 16.9. The summed E-state index contributed by atoms with van der Waals surface area (Å²) in [6.07, 6.45) is -4.59. The first kappa shape index (κ1) is 20.1. The molecule has 2 aromatic heterocycles. The van der Waals surface area contributed by atoms with E-state index >= 15 is 0 Å². The van der Waals surface area contributed by atoms with Crippen LogP contribution in [-0.2, 0) is 17.5 Å². The Hall–Kier alpha value is -2.62. The van der Waals surface area contributed by atoms with Crippen LogP contribution in [0.1, 0.15) is 22.8 Å². The van der Waals surface area contributed by atoms with E-state index in [-0.39, 0.29) is 16.7 Å². The fourth-order valence-electron chi connectivity index (χ4n) is 2.77. The van der Waals surface area contributed by atoms with E-state index in [1.807, 2.05) is 19.9 Å². The summed E-state index contributed by atoms with van der Waals surface area (Å²) in [5.74, 6) is -0.481. The Morgan fingerprint density at radius 2 is 1.79 bits per heavy atom. The van der Waals surface area contributed by atoms with Gasteiger partial charge >= 0.3 is 6.18 Å². The molecule has 0 aliphatic heterocycles. The van der Waals surface area contributed by atoms with Gasteiger partial charge < -0.3 is 5.32 Å². The Balaban J connectivity index is 1.71. The number of carbonyl (C=O) groups excluding carboxylic acids is 1. The standard InChI is InChI=1S/C18H17BrF3N5O/c1-10-8-11(2)27(24-10)14-6-4-13(5-7-14)23-15(28)9-26-12(3)16(19)17(25-26)18(20,21)22/h4-8H,9H2,1-3H3,(H,23,28). The summed E-state index contributed by atoms with van der Waals surface area (Å²) < 4.78 is 41.4. The number of amides is 1. The quantitative estimate of drug-likeness (QED) is 0.633. The monoisotopic (exact) mass is 455 g/mol. The molecule has 0 fully saturated rings. The second kappa shape index (κ2) is 7.42. The van der Waals surface area contributed by atoms with E-state index in [1.165, 1.54) is 6.92 Å². The first-order valence-corrected chi connectivity index (χ1v) is 9.09. The maximum atomic E-state index is 12.9. The number of halogens is 4. The highest BCUT2D eigenvalue weighted by atomic mass is 79.9. The van der Waals surface area contributed by atoms with Crippen LogP contribution in [0.4, 0.5) is 18.9 Å². The number of rotatable bonds is 4. The minimum absolute atomic E-state index is 0.165. The third kappa shape index (κ3) is 4.11. The van der Waals surface area contributed by atoms with Gasteiger partial charge in [0, 0.05) is 11.4 Å². The summed E-state index contributed by atoms with van der Waals surface area (Å²) >= 11 is 2.89. The summed E-state index contributed by atoms with van der Waals surface area (Å²) in [7, 11) is 0. The first-order chi connectivity index (χ1) is 13.1. The van der Waals surface area contributed by atoms with Crippen LogP contribution in [0, 0.1) is 20.8 Å². The zero-order valence-electron chi connectivity index (χ0n) is 15.3. The minimum atomic E-state index is -4.59. The van der Waals surface area contributed by atoms with E-state index in [4.69, 9.17) is 0 Å². The first-order valence-electron chi connectivity index (χ1n) is 8.30. The van der Waals surface area contributed by atoms with Crippen LogP contribution < -0.4 is 5.32 Å². The molecule has 1 amide bonds.